The Hall–Kier alpha value is -1.24. The lowest BCUT2D eigenvalue weighted by Crippen LogP contribution is -2.44. The summed E-state index contributed by atoms with van der Waals surface area (Å²) in [5, 5.41) is 0. The molecule has 1 unspecified atom stereocenters. The van der Waals surface area contributed by atoms with Crippen molar-refractivity contribution in [3.63, 3.8) is 0 Å². The van der Waals surface area contributed by atoms with Crippen molar-refractivity contribution >= 4 is 15.8 Å². The van der Waals surface area contributed by atoms with Gasteiger partial charge in [-0.3, -0.25) is 4.79 Å². The number of hydrogen-bond donors (Lipinski definition) is 1. The molecular weight excluding hydrogens is 288 g/mol. The molecule has 1 aliphatic heterocycles. The number of sulfonamides is 1. The van der Waals surface area contributed by atoms with Crippen molar-refractivity contribution in [2.24, 2.45) is 0 Å². The number of Topliss-reactive ketones (excluding diaryl/α,β-unsaturated/α-hetero) is 1. The molecule has 2 rings (SSSR count). The maximum Gasteiger partial charge on any atom is 0.240 e. The molecule has 116 valence electrons. The summed E-state index contributed by atoms with van der Waals surface area (Å²) in [6.07, 6.45) is 3.31. The normalized spacial score (nSPS) is 20.4. The molecule has 1 saturated heterocycles. The number of nitrogens with zero attached hydrogens (tertiary/aromatic N) is 1. The minimum absolute atomic E-state index is 0.140. The number of likely N-dealkylation sites (tertiary alicyclic amines) is 1. The van der Waals surface area contributed by atoms with Crippen LogP contribution >= 0.6 is 0 Å². The maximum absolute atomic E-state index is 12.3. The molecule has 0 radical (unpaired) electrons. The third-order valence-corrected chi connectivity index (χ3v) is 5.40. The zero-order valence-corrected chi connectivity index (χ0v) is 13.3. The van der Waals surface area contributed by atoms with E-state index in [4.69, 9.17) is 0 Å². The molecule has 0 spiro atoms. The van der Waals surface area contributed by atoms with Gasteiger partial charge in [-0.05, 0) is 45.5 Å². The van der Waals surface area contributed by atoms with Gasteiger partial charge in [0.2, 0.25) is 10.0 Å². The molecule has 1 atom stereocenters. The van der Waals surface area contributed by atoms with Gasteiger partial charge in [0.15, 0.2) is 5.78 Å². The number of benzene rings is 1. The van der Waals surface area contributed by atoms with Gasteiger partial charge in [-0.1, -0.05) is 18.6 Å². The Labute approximate surface area is 126 Å². The number of carbonyl (C=O) groups is 1. The first-order valence-electron chi connectivity index (χ1n) is 7.21. The topological polar surface area (TPSA) is 66.5 Å². The largest absolute Gasteiger partial charge is 0.302 e. The Bertz CT molecular complexity index is 613. The molecule has 1 N–H and O–H groups in total. The number of nitrogens with one attached hydrogen (secondary N) is 1. The zero-order valence-electron chi connectivity index (χ0n) is 12.5. The van der Waals surface area contributed by atoms with E-state index < -0.39 is 10.0 Å². The second-order valence-electron chi connectivity index (χ2n) is 5.57. The lowest BCUT2D eigenvalue weighted by molar-refractivity contribution is 0.101. The molecule has 1 fully saturated rings. The number of ketones is 1. The molecule has 1 aromatic rings. The van der Waals surface area contributed by atoms with E-state index >= 15 is 0 Å². The third kappa shape index (κ3) is 4.12. The van der Waals surface area contributed by atoms with Gasteiger partial charge in [0.05, 0.1) is 4.90 Å². The summed E-state index contributed by atoms with van der Waals surface area (Å²) in [4.78, 5) is 13.7. The van der Waals surface area contributed by atoms with Gasteiger partial charge in [-0.2, -0.15) is 0 Å². The highest BCUT2D eigenvalue weighted by molar-refractivity contribution is 7.89. The summed E-state index contributed by atoms with van der Waals surface area (Å²) >= 11 is 0. The van der Waals surface area contributed by atoms with Gasteiger partial charge < -0.3 is 4.90 Å². The molecule has 0 bridgehead atoms. The standard InChI is InChI=1S/C15H22N2O3S/c1-12(18)13-6-5-8-15(10-13)21(19,20)16-11-14-7-3-4-9-17(14)2/h5-6,8,10,14,16H,3-4,7,9,11H2,1-2H3. The quantitative estimate of drug-likeness (QED) is 0.840. The van der Waals surface area contributed by atoms with Gasteiger partial charge in [0.25, 0.3) is 0 Å². The average molecular weight is 310 g/mol. The lowest BCUT2D eigenvalue weighted by atomic mass is 10.0. The smallest absolute Gasteiger partial charge is 0.240 e. The molecule has 0 aromatic heterocycles. The molecule has 0 aliphatic carbocycles. The highest BCUT2D eigenvalue weighted by Crippen LogP contribution is 2.16. The van der Waals surface area contributed by atoms with Crippen LogP contribution in [0, 0.1) is 0 Å². The van der Waals surface area contributed by atoms with E-state index in [1.807, 2.05) is 7.05 Å². The highest BCUT2D eigenvalue weighted by Gasteiger charge is 2.22. The van der Waals surface area contributed by atoms with Crippen LogP contribution in [0.3, 0.4) is 0 Å². The van der Waals surface area contributed by atoms with Crippen LogP contribution in [0.2, 0.25) is 0 Å². The lowest BCUT2D eigenvalue weighted by Gasteiger charge is -2.32. The summed E-state index contributed by atoms with van der Waals surface area (Å²) in [5.74, 6) is -0.140. The Morgan fingerprint density at radius 1 is 1.38 bits per heavy atom. The van der Waals surface area contributed by atoms with E-state index in [0.717, 1.165) is 19.4 Å². The predicted molar refractivity (Wildman–Crippen MR) is 81.9 cm³/mol. The zero-order chi connectivity index (χ0) is 15.5. The van der Waals surface area contributed by atoms with Crippen LogP contribution in [0.25, 0.3) is 0 Å². The van der Waals surface area contributed by atoms with Crippen LogP contribution < -0.4 is 4.72 Å². The van der Waals surface area contributed by atoms with Gasteiger partial charge in [-0.25, -0.2) is 13.1 Å². The predicted octanol–water partition coefficient (Wildman–Crippen LogP) is 1.65. The maximum atomic E-state index is 12.3. The third-order valence-electron chi connectivity index (χ3n) is 3.98. The van der Waals surface area contributed by atoms with Crippen LogP contribution in [-0.4, -0.2) is 45.3 Å². The van der Waals surface area contributed by atoms with E-state index in [1.54, 1.807) is 12.1 Å². The molecule has 1 heterocycles. The summed E-state index contributed by atoms with van der Waals surface area (Å²) in [5.41, 5.74) is 0.410. The van der Waals surface area contributed by atoms with Gasteiger partial charge >= 0.3 is 0 Å². The Balaban J connectivity index is 2.07. The fourth-order valence-corrected chi connectivity index (χ4v) is 3.69. The van der Waals surface area contributed by atoms with Crippen LogP contribution in [0.1, 0.15) is 36.5 Å². The summed E-state index contributed by atoms with van der Waals surface area (Å²) in [6, 6.07) is 6.40. The van der Waals surface area contributed by atoms with E-state index in [9.17, 15) is 13.2 Å². The molecule has 1 aliphatic rings. The van der Waals surface area contributed by atoms with Crippen molar-refractivity contribution in [1.82, 2.24) is 9.62 Å². The van der Waals surface area contributed by atoms with E-state index in [0.29, 0.717) is 12.1 Å². The molecule has 1 aromatic carbocycles. The fourth-order valence-electron chi connectivity index (χ4n) is 2.57. The molecular formula is C15H22N2O3S. The Morgan fingerprint density at radius 2 is 2.14 bits per heavy atom. The van der Waals surface area contributed by atoms with Crippen LogP contribution in [0.4, 0.5) is 0 Å². The first-order chi connectivity index (χ1) is 9.90. The Kier molecular flexibility index (Phi) is 5.13. The summed E-state index contributed by atoms with van der Waals surface area (Å²) < 4.78 is 27.3. The highest BCUT2D eigenvalue weighted by atomic mass is 32.2. The monoisotopic (exact) mass is 310 g/mol. The second kappa shape index (κ2) is 6.68. The molecule has 0 saturated carbocycles. The SMILES string of the molecule is CC(=O)c1cccc(S(=O)(=O)NCC2CCCCN2C)c1. The number of carbonyl (C=O) groups excluding carboxylic acids is 1. The number of likely N-dealkylation sites (N-methyl/N-ethyl adjacent to an activating group) is 1. The van der Waals surface area contributed by atoms with Crippen LogP contribution in [0.15, 0.2) is 29.2 Å². The van der Waals surface area contributed by atoms with Crippen molar-refractivity contribution in [3.8, 4) is 0 Å². The number of piperidine rings is 1. The molecule has 0 amide bonds. The van der Waals surface area contributed by atoms with Crippen molar-refractivity contribution in [2.45, 2.75) is 37.1 Å². The minimum Gasteiger partial charge on any atom is -0.302 e. The number of hydrogen-bond acceptors (Lipinski definition) is 4. The van der Waals surface area contributed by atoms with Gasteiger partial charge in [0, 0.05) is 18.2 Å². The molecule has 6 heteroatoms. The van der Waals surface area contributed by atoms with Crippen molar-refractivity contribution in [2.75, 3.05) is 20.1 Å². The Morgan fingerprint density at radius 3 is 2.81 bits per heavy atom. The van der Waals surface area contributed by atoms with Crippen LogP contribution in [0.5, 0.6) is 0 Å². The van der Waals surface area contributed by atoms with Gasteiger partial charge in [-0.15, -0.1) is 0 Å². The van der Waals surface area contributed by atoms with E-state index in [1.165, 1.54) is 25.5 Å². The van der Waals surface area contributed by atoms with Crippen LogP contribution in [-0.2, 0) is 10.0 Å². The van der Waals surface area contributed by atoms with Crippen molar-refractivity contribution < 1.29 is 13.2 Å². The minimum atomic E-state index is -3.57. The first-order valence-corrected chi connectivity index (χ1v) is 8.69. The summed E-state index contributed by atoms with van der Waals surface area (Å²) in [7, 11) is -1.55. The fraction of sp³-hybridized carbons (Fsp3) is 0.533. The molecule has 5 nitrogen and oxygen atoms in total. The number of rotatable bonds is 5. The first kappa shape index (κ1) is 16.1. The summed E-state index contributed by atoms with van der Waals surface area (Å²) in [6.45, 7) is 2.84. The second-order valence-corrected chi connectivity index (χ2v) is 7.33. The van der Waals surface area contributed by atoms with Gasteiger partial charge in [0.1, 0.15) is 0 Å². The van der Waals surface area contributed by atoms with E-state index in [2.05, 4.69) is 9.62 Å². The van der Waals surface area contributed by atoms with E-state index in [-0.39, 0.29) is 16.7 Å². The van der Waals surface area contributed by atoms with Crippen molar-refractivity contribution in [3.05, 3.63) is 29.8 Å². The average Bonchev–Trinajstić information content (AvgIpc) is 2.46. The van der Waals surface area contributed by atoms with Crippen molar-refractivity contribution in [1.29, 1.82) is 0 Å². The molecule has 21 heavy (non-hydrogen) atoms.